The van der Waals surface area contributed by atoms with Gasteiger partial charge in [-0.1, -0.05) is 25.7 Å². The minimum absolute atomic E-state index is 0. The minimum Gasteiger partial charge on any atom is -0.383 e. The molecule has 0 aromatic carbocycles. The van der Waals surface area contributed by atoms with Gasteiger partial charge < -0.3 is 15.4 Å². The van der Waals surface area contributed by atoms with E-state index in [2.05, 4.69) is 20.5 Å². The molecule has 1 heterocycles. The summed E-state index contributed by atoms with van der Waals surface area (Å²) < 4.78 is 5.09. The molecule has 2 aliphatic rings. The lowest BCUT2D eigenvalue weighted by Crippen LogP contribution is -2.59. The molecule has 0 spiro atoms. The van der Waals surface area contributed by atoms with Gasteiger partial charge in [-0.2, -0.15) is 0 Å². The van der Waals surface area contributed by atoms with Crippen LogP contribution < -0.4 is 10.6 Å². The van der Waals surface area contributed by atoms with E-state index in [1.807, 2.05) is 7.05 Å². The summed E-state index contributed by atoms with van der Waals surface area (Å²) in [7, 11) is 3.57. The van der Waals surface area contributed by atoms with Crippen molar-refractivity contribution < 1.29 is 4.74 Å². The van der Waals surface area contributed by atoms with Crippen LogP contribution in [0.2, 0.25) is 0 Å². The molecule has 0 unspecified atom stereocenters. The van der Waals surface area contributed by atoms with E-state index in [4.69, 9.17) is 4.74 Å². The highest BCUT2D eigenvalue weighted by molar-refractivity contribution is 14.0. The van der Waals surface area contributed by atoms with Crippen molar-refractivity contribution in [2.45, 2.75) is 56.9 Å². The molecule has 0 aromatic rings. The number of rotatable bonds is 6. The molecule has 5 nitrogen and oxygen atoms in total. The zero-order chi connectivity index (χ0) is 15.7. The third kappa shape index (κ3) is 6.38. The van der Waals surface area contributed by atoms with Crippen molar-refractivity contribution in [3.8, 4) is 0 Å². The number of guanidine groups is 1. The predicted octanol–water partition coefficient (Wildman–Crippen LogP) is 2.60. The fourth-order valence-electron chi connectivity index (χ4n) is 3.92. The van der Waals surface area contributed by atoms with E-state index in [1.54, 1.807) is 7.11 Å². The molecule has 0 atom stereocenters. The van der Waals surface area contributed by atoms with Crippen LogP contribution in [0.1, 0.15) is 51.4 Å². The molecule has 2 N–H and O–H groups in total. The van der Waals surface area contributed by atoms with Crippen molar-refractivity contribution in [1.82, 2.24) is 15.5 Å². The fourth-order valence-corrected chi connectivity index (χ4v) is 3.92. The summed E-state index contributed by atoms with van der Waals surface area (Å²) in [5.41, 5.74) is 0.345. The highest BCUT2D eigenvalue weighted by Crippen LogP contribution is 2.35. The standard InChI is InChI=1S/C17H34N4O.HI/c1-18-16(19-11-14-22-2)20-15-17(9-5-3-6-10-17)21-12-7-4-8-13-21;/h3-15H2,1-2H3,(H2,18,19,20);1H. The molecule has 1 aliphatic heterocycles. The Morgan fingerprint density at radius 2 is 1.70 bits per heavy atom. The van der Waals surface area contributed by atoms with Gasteiger partial charge in [0.05, 0.1) is 6.61 Å². The van der Waals surface area contributed by atoms with Gasteiger partial charge in [0.15, 0.2) is 5.96 Å². The van der Waals surface area contributed by atoms with Gasteiger partial charge in [0.1, 0.15) is 0 Å². The van der Waals surface area contributed by atoms with Crippen LogP contribution in [0.3, 0.4) is 0 Å². The average Bonchev–Trinajstić information content (AvgIpc) is 2.59. The molecular formula is C17H35IN4O. The van der Waals surface area contributed by atoms with Gasteiger partial charge in [0.25, 0.3) is 0 Å². The third-order valence-corrected chi connectivity index (χ3v) is 5.22. The molecular weight excluding hydrogens is 403 g/mol. The van der Waals surface area contributed by atoms with Crippen LogP contribution in [0.4, 0.5) is 0 Å². The number of piperidine rings is 1. The quantitative estimate of drug-likeness (QED) is 0.290. The largest absolute Gasteiger partial charge is 0.383 e. The second-order valence-corrected chi connectivity index (χ2v) is 6.68. The number of likely N-dealkylation sites (tertiary alicyclic amines) is 1. The van der Waals surface area contributed by atoms with E-state index < -0.39 is 0 Å². The Hall–Kier alpha value is -0.0800. The number of aliphatic imine (C=N–C) groups is 1. The van der Waals surface area contributed by atoms with Crippen LogP contribution in [0.15, 0.2) is 4.99 Å². The van der Waals surface area contributed by atoms with Gasteiger partial charge in [0.2, 0.25) is 0 Å². The van der Waals surface area contributed by atoms with E-state index in [1.165, 1.54) is 64.5 Å². The third-order valence-electron chi connectivity index (χ3n) is 5.22. The van der Waals surface area contributed by atoms with Crippen LogP contribution >= 0.6 is 24.0 Å². The Morgan fingerprint density at radius 3 is 2.30 bits per heavy atom. The van der Waals surface area contributed by atoms with Gasteiger partial charge >= 0.3 is 0 Å². The van der Waals surface area contributed by atoms with E-state index in [9.17, 15) is 0 Å². The average molecular weight is 438 g/mol. The summed E-state index contributed by atoms with van der Waals surface area (Å²) in [5, 5.41) is 6.90. The van der Waals surface area contributed by atoms with Crippen molar-refractivity contribution >= 4 is 29.9 Å². The molecule has 0 amide bonds. The number of hydrogen-bond donors (Lipinski definition) is 2. The smallest absolute Gasteiger partial charge is 0.191 e. The molecule has 0 radical (unpaired) electrons. The molecule has 1 saturated heterocycles. The molecule has 1 saturated carbocycles. The zero-order valence-electron chi connectivity index (χ0n) is 14.9. The maximum Gasteiger partial charge on any atom is 0.191 e. The Balaban J connectivity index is 0.00000264. The fraction of sp³-hybridized carbons (Fsp3) is 0.941. The van der Waals surface area contributed by atoms with Crippen molar-refractivity contribution in [3.63, 3.8) is 0 Å². The highest BCUT2D eigenvalue weighted by Gasteiger charge is 2.38. The van der Waals surface area contributed by atoms with Gasteiger partial charge in [-0.3, -0.25) is 9.89 Å². The molecule has 0 aromatic heterocycles. The van der Waals surface area contributed by atoms with Crippen molar-refractivity contribution in [2.24, 2.45) is 4.99 Å². The topological polar surface area (TPSA) is 48.9 Å². The maximum absolute atomic E-state index is 5.09. The number of nitrogens with zero attached hydrogens (tertiary/aromatic N) is 2. The molecule has 1 aliphatic carbocycles. The van der Waals surface area contributed by atoms with Crippen molar-refractivity contribution in [2.75, 3.05) is 46.9 Å². The summed E-state index contributed by atoms with van der Waals surface area (Å²) in [6.45, 7) is 5.07. The summed E-state index contributed by atoms with van der Waals surface area (Å²) in [6.07, 6.45) is 10.9. The van der Waals surface area contributed by atoms with Crippen molar-refractivity contribution in [1.29, 1.82) is 0 Å². The first-order chi connectivity index (χ1) is 10.8. The lowest BCUT2D eigenvalue weighted by molar-refractivity contribution is 0.0368. The number of halogens is 1. The number of nitrogens with one attached hydrogen (secondary N) is 2. The SMILES string of the molecule is CN=C(NCCOC)NCC1(N2CCCCC2)CCCCC1.I. The van der Waals surface area contributed by atoms with E-state index in [0.717, 1.165) is 19.0 Å². The molecule has 2 fully saturated rings. The summed E-state index contributed by atoms with van der Waals surface area (Å²) in [5.74, 6) is 0.902. The summed E-state index contributed by atoms with van der Waals surface area (Å²) >= 11 is 0. The first-order valence-electron chi connectivity index (χ1n) is 8.99. The number of methoxy groups -OCH3 is 1. The molecule has 0 bridgehead atoms. The summed E-state index contributed by atoms with van der Waals surface area (Å²) in [6, 6.07) is 0. The van der Waals surface area contributed by atoms with E-state index in [-0.39, 0.29) is 24.0 Å². The van der Waals surface area contributed by atoms with E-state index >= 15 is 0 Å². The van der Waals surface area contributed by atoms with Gasteiger partial charge in [-0.15, -0.1) is 24.0 Å². The molecule has 23 heavy (non-hydrogen) atoms. The van der Waals surface area contributed by atoms with Gasteiger partial charge in [-0.05, 0) is 38.8 Å². The normalized spacial score (nSPS) is 22.3. The second-order valence-electron chi connectivity index (χ2n) is 6.68. The van der Waals surface area contributed by atoms with Gasteiger partial charge in [-0.25, -0.2) is 0 Å². The van der Waals surface area contributed by atoms with Crippen LogP contribution in [0.5, 0.6) is 0 Å². The van der Waals surface area contributed by atoms with Crippen LogP contribution in [0, 0.1) is 0 Å². The minimum atomic E-state index is 0. The Labute approximate surface area is 159 Å². The van der Waals surface area contributed by atoms with Crippen molar-refractivity contribution in [3.05, 3.63) is 0 Å². The molecule has 136 valence electrons. The first-order valence-corrected chi connectivity index (χ1v) is 8.99. The maximum atomic E-state index is 5.09. The Kier molecular flexibility index (Phi) is 10.5. The lowest BCUT2D eigenvalue weighted by atomic mass is 9.79. The monoisotopic (exact) mass is 438 g/mol. The van der Waals surface area contributed by atoms with Crippen LogP contribution in [0.25, 0.3) is 0 Å². The Morgan fingerprint density at radius 1 is 1.04 bits per heavy atom. The number of hydrogen-bond acceptors (Lipinski definition) is 3. The first kappa shape index (κ1) is 21.0. The molecule has 2 rings (SSSR count). The number of ether oxygens (including phenoxy) is 1. The second kappa shape index (κ2) is 11.5. The Bertz CT molecular complexity index is 339. The van der Waals surface area contributed by atoms with Crippen LogP contribution in [-0.4, -0.2) is 63.3 Å². The zero-order valence-corrected chi connectivity index (χ0v) is 17.2. The summed E-state index contributed by atoms with van der Waals surface area (Å²) in [4.78, 5) is 7.11. The van der Waals surface area contributed by atoms with Gasteiger partial charge in [0, 0.05) is 32.8 Å². The predicted molar refractivity (Wildman–Crippen MR) is 108 cm³/mol. The van der Waals surface area contributed by atoms with Crippen LogP contribution in [-0.2, 0) is 4.74 Å². The highest BCUT2D eigenvalue weighted by atomic mass is 127. The van der Waals surface area contributed by atoms with E-state index in [0.29, 0.717) is 12.1 Å². The lowest BCUT2D eigenvalue weighted by Gasteiger charge is -2.48. The molecule has 6 heteroatoms.